The Labute approximate surface area is 139 Å². The molecule has 0 radical (unpaired) electrons. The van der Waals surface area contributed by atoms with Crippen LogP contribution in [0.2, 0.25) is 5.02 Å². The molecule has 0 aromatic heterocycles. The first-order valence-electron chi connectivity index (χ1n) is 6.91. The zero-order chi connectivity index (χ0) is 16.6. The number of anilines is 1. The number of halogens is 1. The lowest BCUT2D eigenvalue weighted by Crippen LogP contribution is -2.29. The molecule has 5 nitrogen and oxygen atoms in total. The Bertz CT molecular complexity index is 852. The van der Waals surface area contributed by atoms with E-state index in [1.807, 2.05) is 0 Å². The van der Waals surface area contributed by atoms with Gasteiger partial charge in [0.1, 0.15) is 0 Å². The van der Waals surface area contributed by atoms with Crippen molar-refractivity contribution >= 4 is 33.3 Å². The molecule has 3 rings (SSSR count). The molecule has 1 aliphatic heterocycles. The monoisotopic (exact) mass is 351 g/mol. The number of esters is 1. The van der Waals surface area contributed by atoms with E-state index in [-0.39, 0.29) is 11.3 Å². The highest BCUT2D eigenvalue weighted by atomic mass is 35.5. The summed E-state index contributed by atoms with van der Waals surface area (Å²) in [5.41, 5.74) is 1.00. The SMILES string of the molecule is COC(=O)CC1c2cc(Cl)ccc2S(=O)(=O)N1c1ccccc1. The molecule has 0 spiro atoms. The van der Waals surface area contributed by atoms with Gasteiger partial charge in [-0.25, -0.2) is 8.42 Å². The topological polar surface area (TPSA) is 63.7 Å². The molecule has 1 aliphatic rings. The fraction of sp³-hybridized carbons (Fsp3) is 0.188. The number of methoxy groups -OCH3 is 1. The second-order valence-corrected chi connectivity index (χ2v) is 7.33. The van der Waals surface area contributed by atoms with Gasteiger partial charge in [-0.15, -0.1) is 0 Å². The Morgan fingerprint density at radius 3 is 2.57 bits per heavy atom. The fourth-order valence-electron chi connectivity index (χ4n) is 2.74. The lowest BCUT2D eigenvalue weighted by atomic mass is 10.0. The van der Waals surface area contributed by atoms with Crippen LogP contribution in [-0.4, -0.2) is 21.5 Å². The Morgan fingerprint density at radius 2 is 1.91 bits per heavy atom. The molecule has 1 atom stereocenters. The third-order valence-corrected chi connectivity index (χ3v) is 5.90. The number of hydrogen-bond acceptors (Lipinski definition) is 4. The van der Waals surface area contributed by atoms with Gasteiger partial charge in [-0.3, -0.25) is 9.10 Å². The van der Waals surface area contributed by atoms with E-state index in [1.165, 1.54) is 23.5 Å². The zero-order valence-electron chi connectivity index (χ0n) is 12.3. The molecule has 2 aromatic carbocycles. The normalized spacial score (nSPS) is 18.5. The Morgan fingerprint density at radius 1 is 1.22 bits per heavy atom. The van der Waals surface area contributed by atoms with Crippen molar-refractivity contribution in [2.24, 2.45) is 0 Å². The molecule has 23 heavy (non-hydrogen) atoms. The number of benzene rings is 2. The molecule has 2 aromatic rings. The highest BCUT2D eigenvalue weighted by molar-refractivity contribution is 7.93. The smallest absolute Gasteiger partial charge is 0.307 e. The number of ether oxygens (including phenoxy) is 1. The van der Waals surface area contributed by atoms with Gasteiger partial charge in [0.15, 0.2) is 0 Å². The lowest BCUT2D eigenvalue weighted by Gasteiger charge is -2.25. The van der Waals surface area contributed by atoms with Crippen molar-refractivity contribution < 1.29 is 17.9 Å². The van der Waals surface area contributed by atoms with E-state index in [9.17, 15) is 13.2 Å². The maximum absolute atomic E-state index is 12.9. The van der Waals surface area contributed by atoms with Crippen molar-refractivity contribution in [3.8, 4) is 0 Å². The van der Waals surface area contributed by atoms with Crippen LogP contribution in [0.4, 0.5) is 5.69 Å². The van der Waals surface area contributed by atoms with Crippen LogP contribution < -0.4 is 4.31 Å². The summed E-state index contributed by atoms with van der Waals surface area (Å²) in [6, 6.07) is 12.6. The van der Waals surface area contributed by atoms with Gasteiger partial charge in [0.2, 0.25) is 0 Å². The standard InChI is InChI=1S/C16H14ClNO4S/c1-22-16(19)10-14-13-9-11(17)7-8-15(13)23(20,21)18(14)12-5-3-2-4-6-12/h2-9,14H,10H2,1H3. The van der Waals surface area contributed by atoms with Gasteiger partial charge in [-0.2, -0.15) is 0 Å². The lowest BCUT2D eigenvalue weighted by molar-refractivity contribution is -0.141. The molecule has 0 amide bonds. The summed E-state index contributed by atoms with van der Waals surface area (Å²) < 4.78 is 31.8. The van der Waals surface area contributed by atoms with E-state index in [0.29, 0.717) is 16.3 Å². The zero-order valence-corrected chi connectivity index (χ0v) is 13.8. The van der Waals surface area contributed by atoms with Crippen LogP contribution in [0.1, 0.15) is 18.0 Å². The summed E-state index contributed by atoms with van der Waals surface area (Å²) in [5.74, 6) is -0.487. The number of rotatable bonds is 3. The van der Waals surface area contributed by atoms with Gasteiger partial charge in [0.25, 0.3) is 10.0 Å². The summed E-state index contributed by atoms with van der Waals surface area (Å²) in [5, 5.41) is 0.420. The molecule has 0 N–H and O–H groups in total. The van der Waals surface area contributed by atoms with Crippen LogP contribution in [0, 0.1) is 0 Å². The molecule has 0 saturated heterocycles. The first-order valence-corrected chi connectivity index (χ1v) is 8.72. The van der Waals surface area contributed by atoms with Crippen LogP contribution in [0.5, 0.6) is 0 Å². The van der Waals surface area contributed by atoms with E-state index in [0.717, 1.165) is 0 Å². The van der Waals surface area contributed by atoms with Crippen LogP contribution in [0.3, 0.4) is 0 Å². The third-order valence-electron chi connectivity index (χ3n) is 3.75. The van der Waals surface area contributed by atoms with Crippen molar-refractivity contribution in [1.82, 2.24) is 0 Å². The van der Waals surface area contributed by atoms with Gasteiger partial charge in [-0.05, 0) is 35.9 Å². The molecule has 120 valence electrons. The molecular weight excluding hydrogens is 338 g/mol. The second kappa shape index (κ2) is 5.86. The molecule has 0 fully saturated rings. The fourth-order valence-corrected chi connectivity index (χ4v) is 4.79. The Kier molecular flexibility index (Phi) is 4.04. The summed E-state index contributed by atoms with van der Waals surface area (Å²) >= 11 is 6.02. The van der Waals surface area contributed by atoms with Crippen LogP contribution >= 0.6 is 11.6 Å². The number of sulfonamides is 1. The first kappa shape index (κ1) is 15.8. The molecule has 0 aliphatic carbocycles. The largest absolute Gasteiger partial charge is 0.469 e. The van der Waals surface area contributed by atoms with E-state index in [1.54, 1.807) is 36.4 Å². The predicted molar refractivity (Wildman–Crippen MR) is 86.9 cm³/mol. The highest BCUT2D eigenvalue weighted by Gasteiger charge is 2.43. The molecule has 1 unspecified atom stereocenters. The number of carbonyl (C=O) groups excluding carboxylic acids is 1. The minimum absolute atomic E-state index is 0.0854. The first-order chi connectivity index (χ1) is 10.9. The average Bonchev–Trinajstić information content (AvgIpc) is 2.75. The van der Waals surface area contributed by atoms with Crippen LogP contribution in [0.15, 0.2) is 53.4 Å². The molecule has 0 bridgehead atoms. The molecule has 7 heteroatoms. The maximum atomic E-state index is 12.9. The van der Waals surface area contributed by atoms with Gasteiger partial charge in [-0.1, -0.05) is 29.8 Å². The molecule has 1 heterocycles. The van der Waals surface area contributed by atoms with Crippen molar-refractivity contribution in [2.45, 2.75) is 17.4 Å². The van der Waals surface area contributed by atoms with E-state index < -0.39 is 22.0 Å². The number of fused-ring (bicyclic) bond motifs is 1. The number of carbonyl (C=O) groups is 1. The average molecular weight is 352 g/mol. The van der Waals surface area contributed by atoms with E-state index in [4.69, 9.17) is 16.3 Å². The molecular formula is C16H14ClNO4S. The number of nitrogens with zero attached hydrogens (tertiary/aromatic N) is 1. The predicted octanol–water partition coefficient (Wildman–Crippen LogP) is 3.15. The summed E-state index contributed by atoms with van der Waals surface area (Å²) in [4.78, 5) is 11.9. The summed E-state index contributed by atoms with van der Waals surface area (Å²) in [6.45, 7) is 0. The minimum Gasteiger partial charge on any atom is -0.469 e. The van der Waals surface area contributed by atoms with Gasteiger partial charge < -0.3 is 4.74 Å². The minimum atomic E-state index is -3.75. The van der Waals surface area contributed by atoms with Crippen molar-refractivity contribution in [3.63, 3.8) is 0 Å². The maximum Gasteiger partial charge on any atom is 0.307 e. The third kappa shape index (κ3) is 2.68. The van der Waals surface area contributed by atoms with Crippen LogP contribution in [-0.2, 0) is 19.6 Å². The van der Waals surface area contributed by atoms with E-state index >= 15 is 0 Å². The van der Waals surface area contributed by atoms with Crippen molar-refractivity contribution in [1.29, 1.82) is 0 Å². The number of hydrogen-bond donors (Lipinski definition) is 0. The quantitative estimate of drug-likeness (QED) is 0.797. The van der Waals surface area contributed by atoms with E-state index in [2.05, 4.69) is 0 Å². The summed E-state index contributed by atoms with van der Waals surface area (Å²) in [7, 11) is -2.48. The van der Waals surface area contributed by atoms with Gasteiger partial charge >= 0.3 is 5.97 Å². The number of para-hydroxylation sites is 1. The Balaban J connectivity index is 2.19. The molecule has 0 saturated carbocycles. The summed E-state index contributed by atoms with van der Waals surface area (Å²) in [6.07, 6.45) is -0.0854. The Hall–Kier alpha value is -2.05. The van der Waals surface area contributed by atoms with Crippen LogP contribution in [0.25, 0.3) is 0 Å². The van der Waals surface area contributed by atoms with Crippen molar-refractivity contribution in [2.75, 3.05) is 11.4 Å². The van der Waals surface area contributed by atoms with Gasteiger partial charge in [0, 0.05) is 5.02 Å². The van der Waals surface area contributed by atoms with Crippen molar-refractivity contribution in [3.05, 3.63) is 59.1 Å². The van der Waals surface area contributed by atoms with Gasteiger partial charge in [0.05, 0.1) is 30.2 Å². The highest BCUT2D eigenvalue weighted by Crippen LogP contribution is 2.45. The second-order valence-electron chi connectivity index (χ2n) is 5.11.